The van der Waals surface area contributed by atoms with E-state index in [1.165, 1.54) is 0 Å². The summed E-state index contributed by atoms with van der Waals surface area (Å²) in [5.74, 6) is 0. The molecule has 0 saturated carbocycles. The summed E-state index contributed by atoms with van der Waals surface area (Å²) in [6.07, 6.45) is 3.75. The topological polar surface area (TPSA) is 67.8 Å². The molecule has 0 saturated heterocycles. The lowest BCUT2D eigenvalue weighted by Crippen LogP contribution is -1.83. The zero-order chi connectivity index (χ0) is 6.24. The normalized spacial score (nSPS) is 7.25. The van der Waals surface area contributed by atoms with Gasteiger partial charge in [-0.15, -0.1) is 0 Å². The van der Waals surface area contributed by atoms with Crippen LogP contribution < -0.4 is 10.3 Å². The Morgan fingerprint density at radius 2 is 1.50 bits per heavy atom. The van der Waals surface area contributed by atoms with E-state index in [-0.39, 0.29) is 0 Å². The summed E-state index contributed by atoms with van der Waals surface area (Å²) in [5, 5.41) is 9.08. The molecule has 5 N–H and O–H groups in total. The van der Waals surface area contributed by atoms with E-state index in [0.717, 1.165) is 12.1 Å². The van der Waals surface area contributed by atoms with Crippen LogP contribution in [0.1, 0.15) is 0 Å². The van der Waals surface area contributed by atoms with E-state index < -0.39 is 0 Å². The molecule has 0 spiro atoms. The molecule has 0 bridgehead atoms. The van der Waals surface area contributed by atoms with Crippen LogP contribution >= 0.6 is 12.1 Å². The lowest BCUT2D eigenvalue weighted by molar-refractivity contribution is 1.42. The number of aromatic nitrogens is 1. The molecule has 3 nitrogen and oxygen atoms in total. The number of hydrogen-bond donors (Lipinski definition) is 3. The predicted octanol–water partition coefficient (Wildman–Crippen LogP) is 0.482. The van der Waals surface area contributed by atoms with E-state index in [1.807, 2.05) is 24.5 Å². The van der Waals surface area contributed by atoms with Gasteiger partial charge in [0.1, 0.15) is 0 Å². The molecule has 0 radical (unpaired) electrons. The Balaban J connectivity index is 0.000000145. The number of hydrogen-bond acceptors (Lipinski definition) is 3. The molecule has 0 unspecified atom stereocenters. The third-order valence-electron chi connectivity index (χ3n) is 0.496. The van der Waals surface area contributed by atoms with E-state index in [2.05, 4.69) is 15.3 Å². The predicted molar refractivity (Wildman–Crippen MR) is 36.8 cm³/mol. The summed E-state index contributed by atoms with van der Waals surface area (Å²) in [5.41, 5.74) is 0. The van der Waals surface area contributed by atoms with Crippen molar-refractivity contribution in [2.45, 2.75) is 0 Å². The monoisotopic (exact) mass is 131 g/mol. The Labute approximate surface area is 52.7 Å². The molecule has 0 atom stereocenters. The molecule has 1 aromatic rings. The van der Waals surface area contributed by atoms with Gasteiger partial charge in [0.2, 0.25) is 0 Å². The highest BCUT2D eigenvalue weighted by atomic mass is 32.2. The highest BCUT2D eigenvalue weighted by Gasteiger charge is 1.55. The van der Waals surface area contributed by atoms with Crippen LogP contribution in [0, 0.1) is 0 Å². The van der Waals surface area contributed by atoms with E-state index in [1.54, 1.807) is 0 Å². The van der Waals surface area contributed by atoms with Crippen molar-refractivity contribution in [3.05, 3.63) is 24.5 Å². The smallest absolute Gasteiger partial charge is 0.000496 e. The molecule has 4 heteroatoms. The van der Waals surface area contributed by atoms with Gasteiger partial charge in [0, 0.05) is 12.4 Å². The first-order valence-corrected chi connectivity index (χ1v) is 2.99. The average molecular weight is 131 g/mol. The molecule has 0 aliphatic heterocycles. The van der Waals surface area contributed by atoms with Crippen LogP contribution in [-0.4, -0.2) is 4.98 Å². The Kier molecular flexibility index (Phi) is 6.18. The van der Waals surface area contributed by atoms with Gasteiger partial charge in [-0.2, -0.15) is 0 Å². The number of aromatic amines is 1. The highest BCUT2D eigenvalue weighted by Crippen LogP contribution is 1.72. The summed E-state index contributed by atoms with van der Waals surface area (Å²) in [4.78, 5) is 2.86. The molecule has 1 heterocycles. The lowest BCUT2D eigenvalue weighted by atomic mass is 10.7. The van der Waals surface area contributed by atoms with E-state index in [0.29, 0.717) is 0 Å². The van der Waals surface area contributed by atoms with Crippen LogP contribution in [-0.2, 0) is 0 Å². The van der Waals surface area contributed by atoms with Crippen LogP contribution in [0.2, 0.25) is 0 Å². The molecule has 0 fully saturated rings. The Morgan fingerprint density at radius 1 is 1.12 bits per heavy atom. The van der Waals surface area contributed by atoms with Crippen molar-refractivity contribution in [3.8, 4) is 0 Å². The van der Waals surface area contributed by atoms with Gasteiger partial charge >= 0.3 is 0 Å². The summed E-state index contributed by atoms with van der Waals surface area (Å²) < 4.78 is 0. The maximum Gasteiger partial charge on any atom is 0.000496 e. The van der Waals surface area contributed by atoms with Gasteiger partial charge in [-0.25, -0.2) is 0 Å². The number of rotatable bonds is 0. The quantitative estimate of drug-likeness (QED) is 0.449. The van der Waals surface area contributed by atoms with Crippen molar-refractivity contribution < 1.29 is 0 Å². The maximum atomic E-state index is 4.54. The average Bonchev–Trinajstić information content (AvgIpc) is 2.17. The van der Waals surface area contributed by atoms with Crippen molar-refractivity contribution in [2.75, 3.05) is 0 Å². The van der Waals surface area contributed by atoms with Crippen LogP contribution in [0.25, 0.3) is 0 Å². The van der Waals surface area contributed by atoms with Crippen LogP contribution in [0.15, 0.2) is 24.5 Å². The summed E-state index contributed by atoms with van der Waals surface area (Å²) in [6, 6.07) is 3.89. The number of H-pyrrole nitrogens is 1. The summed E-state index contributed by atoms with van der Waals surface area (Å²) in [7, 11) is 0. The molecule has 0 amide bonds. The maximum absolute atomic E-state index is 4.54. The van der Waals surface area contributed by atoms with Gasteiger partial charge in [-0.05, 0) is 24.3 Å². The van der Waals surface area contributed by atoms with Crippen molar-refractivity contribution in [2.24, 2.45) is 10.3 Å². The molecule has 8 heavy (non-hydrogen) atoms. The summed E-state index contributed by atoms with van der Waals surface area (Å²) in [6.45, 7) is 0. The van der Waals surface area contributed by atoms with Crippen molar-refractivity contribution in [1.82, 2.24) is 4.98 Å². The molecule has 0 aromatic carbocycles. The van der Waals surface area contributed by atoms with Crippen LogP contribution in [0.4, 0.5) is 0 Å². The fourth-order valence-electron chi connectivity index (χ4n) is 0.278. The first-order chi connectivity index (χ1) is 3.91. The molecular weight excluding hydrogens is 122 g/mol. The van der Waals surface area contributed by atoms with Gasteiger partial charge in [0.15, 0.2) is 0 Å². The second-order valence-corrected chi connectivity index (χ2v) is 1.29. The van der Waals surface area contributed by atoms with Crippen molar-refractivity contribution >= 4 is 12.1 Å². The van der Waals surface area contributed by atoms with E-state index in [9.17, 15) is 0 Å². The Morgan fingerprint density at radius 3 is 1.62 bits per heavy atom. The third kappa shape index (κ3) is 5.55. The SMILES string of the molecule is NSN.c1cc[nH]c1. The van der Waals surface area contributed by atoms with Gasteiger partial charge in [0.05, 0.1) is 0 Å². The van der Waals surface area contributed by atoms with Gasteiger partial charge in [-0.1, -0.05) is 0 Å². The number of nitrogens with one attached hydrogen (secondary N) is 1. The Bertz CT molecular complexity index is 78.2. The van der Waals surface area contributed by atoms with Gasteiger partial charge in [-0.3, -0.25) is 10.3 Å². The van der Waals surface area contributed by atoms with Crippen LogP contribution in [0.3, 0.4) is 0 Å². The minimum atomic E-state index is 0.750. The first kappa shape index (κ1) is 7.55. The molecule has 0 aliphatic carbocycles. The van der Waals surface area contributed by atoms with Crippen molar-refractivity contribution in [1.29, 1.82) is 0 Å². The minimum Gasteiger partial charge on any atom is -0.368 e. The fraction of sp³-hybridized carbons (Fsp3) is 0. The van der Waals surface area contributed by atoms with E-state index in [4.69, 9.17) is 0 Å². The number of nitrogens with two attached hydrogens (primary N) is 2. The third-order valence-corrected chi connectivity index (χ3v) is 0.496. The standard InChI is InChI=1S/C4H5N.H4N2S/c1-2-4-5-3-1;1-3-2/h1-5H;1-2H2. The largest absolute Gasteiger partial charge is 0.368 e. The molecule has 0 aliphatic rings. The molecule has 46 valence electrons. The fourth-order valence-corrected chi connectivity index (χ4v) is 0.278. The van der Waals surface area contributed by atoms with Crippen molar-refractivity contribution in [3.63, 3.8) is 0 Å². The zero-order valence-corrected chi connectivity index (χ0v) is 5.19. The minimum absolute atomic E-state index is 0.750. The van der Waals surface area contributed by atoms with Gasteiger partial charge < -0.3 is 4.98 Å². The van der Waals surface area contributed by atoms with Gasteiger partial charge in [0.25, 0.3) is 0 Å². The molecule has 1 aromatic heterocycles. The molecular formula is C4H9N3S. The van der Waals surface area contributed by atoms with Crippen LogP contribution in [0.5, 0.6) is 0 Å². The Hall–Kier alpha value is -0.450. The zero-order valence-electron chi connectivity index (χ0n) is 4.37. The molecule has 1 rings (SSSR count). The highest BCUT2D eigenvalue weighted by molar-refractivity contribution is 7.94. The first-order valence-electron chi connectivity index (χ1n) is 2.05. The van der Waals surface area contributed by atoms with E-state index >= 15 is 0 Å². The second-order valence-electron chi connectivity index (χ2n) is 1.02. The summed E-state index contributed by atoms with van der Waals surface area (Å²) >= 11 is 0.750. The lowest BCUT2D eigenvalue weighted by Gasteiger charge is -1.55. The second kappa shape index (κ2) is 6.55.